The van der Waals surface area contributed by atoms with Gasteiger partial charge < -0.3 is 25.3 Å². The average molecular weight is 323 g/mol. The van der Waals surface area contributed by atoms with Gasteiger partial charge in [-0.25, -0.2) is 9.78 Å². The Balaban J connectivity index is 0.000000595. The Labute approximate surface area is 128 Å². The summed E-state index contributed by atoms with van der Waals surface area (Å²) in [4.78, 5) is 35.4. The van der Waals surface area contributed by atoms with Crippen LogP contribution >= 0.6 is 0 Å². The highest BCUT2D eigenvalue weighted by atomic mass is 16.5. The number of anilines is 1. The lowest BCUT2D eigenvalue weighted by Gasteiger charge is -2.16. The molecular weight excluding hydrogens is 310 g/mol. The fraction of sp³-hybridized carbons (Fsp3) is 0.250. The van der Waals surface area contributed by atoms with Crippen molar-refractivity contribution >= 4 is 18.2 Å². The second-order valence-corrected chi connectivity index (χ2v) is 4.17. The summed E-state index contributed by atoms with van der Waals surface area (Å²) in [6.07, 6.45) is 0.354. The highest BCUT2D eigenvalue weighted by Gasteiger charge is 2.19. The molecule has 0 saturated heterocycles. The third-order valence-electron chi connectivity index (χ3n) is 2.62. The molecule has 0 unspecified atom stereocenters. The molecule has 3 rings (SSSR count). The molecule has 0 fully saturated rings. The first-order valence-electron chi connectivity index (χ1n) is 6.40. The fourth-order valence-corrected chi connectivity index (χ4v) is 1.76. The van der Waals surface area contributed by atoms with Crippen LogP contribution in [0.2, 0.25) is 0 Å². The van der Waals surface area contributed by atoms with E-state index in [4.69, 9.17) is 24.8 Å². The van der Waals surface area contributed by atoms with E-state index in [1.165, 1.54) is 0 Å². The van der Waals surface area contributed by atoms with Gasteiger partial charge in [-0.15, -0.1) is 9.78 Å². The van der Waals surface area contributed by atoms with E-state index in [-0.39, 0.29) is 36.5 Å². The first-order valence-corrected chi connectivity index (χ1v) is 6.40. The first-order chi connectivity index (χ1) is 11.1. The first kappa shape index (κ1) is 16.2. The van der Waals surface area contributed by atoms with Crippen molar-refractivity contribution in [1.29, 1.82) is 0 Å². The lowest BCUT2D eigenvalue weighted by molar-refractivity contribution is -0.123. The Morgan fingerprint density at radius 1 is 1.43 bits per heavy atom. The molecule has 2 aromatic rings. The molecule has 0 spiro atoms. The molecule has 1 amide bonds. The minimum atomic E-state index is -0.663. The normalized spacial score (nSPS) is 12.3. The average Bonchev–Trinajstić information content (AvgIpc) is 2.88. The molecule has 4 N–H and O–H groups in total. The van der Waals surface area contributed by atoms with Crippen molar-refractivity contribution in [3.05, 3.63) is 28.6 Å². The molecule has 23 heavy (non-hydrogen) atoms. The number of aromatic nitrogens is 3. The maximum atomic E-state index is 11.7. The number of carbonyl (C=O) groups excluding carboxylic acids is 1. The van der Waals surface area contributed by atoms with Gasteiger partial charge >= 0.3 is 5.76 Å². The Hall–Kier alpha value is -3.21. The predicted molar refractivity (Wildman–Crippen MR) is 75.5 cm³/mol. The van der Waals surface area contributed by atoms with E-state index < -0.39 is 5.76 Å². The molecule has 3 heterocycles. The van der Waals surface area contributed by atoms with E-state index in [2.05, 4.69) is 15.4 Å². The van der Waals surface area contributed by atoms with Crippen LogP contribution in [-0.2, 0) is 16.0 Å². The van der Waals surface area contributed by atoms with Crippen LogP contribution in [0.15, 0.2) is 21.3 Å². The molecular formula is C12H13N5O6. The van der Waals surface area contributed by atoms with E-state index in [0.29, 0.717) is 18.7 Å². The maximum Gasteiger partial charge on any atom is 0.443 e. The smallest absolute Gasteiger partial charge is 0.443 e. The van der Waals surface area contributed by atoms with Crippen LogP contribution in [0.25, 0.3) is 5.82 Å². The van der Waals surface area contributed by atoms with E-state index in [9.17, 15) is 9.59 Å². The van der Waals surface area contributed by atoms with Crippen molar-refractivity contribution < 1.29 is 23.8 Å². The van der Waals surface area contributed by atoms with Crippen LogP contribution in [-0.4, -0.2) is 45.4 Å². The van der Waals surface area contributed by atoms with Gasteiger partial charge in [-0.3, -0.25) is 9.59 Å². The van der Waals surface area contributed by atoms with E-state index in [1.54, 1.807) is 12.1 Å². The zero-order chi connectivity index (χ0) is 16.8. The second kappa shape index (κ2) is 7.17. The number of carbonyl (C=O) groups is 2. The Morgan fingerprint density at radius 2 is 2.17 bits per heavy atom. The third-order valence-corrected chi connectivity index (χ3v) is 2.62. The van der Waals surface area contributed by atoms with Gasteiger partial charge in [-0.05, 0) is 12.1 Å². The topological polar surface area (TPSA) is 163 Å². The van der Waals surface area contributed by atoms with E-state index in [0.717, 1.165) is 4.68 Å². The van der Waals surface area contributed by atoms with Crippen molar-refractivity contribution in [1.82, 2.24) is 14.8 Å². The summed E-state index contributed by atoms with van der Waals surface area (Å²) in [5.74, 6) is 0.174. The molecule has 0 atom stereocenters. The minimum Gasteiger partial charge on any atom is -0.483 e. The fourth-order valence-electron chi connectivity index (χ4n) is 1.76. The Bertz CT molecular complexity index is 768. The number of hydrogen-bond acceptors (Lipinski definition) is 8. The largest absolute Gasteiger partial charge is 0.483 e. The SMILES string of the molecule is NCCc1nn(-c2ccc3c(n2)NC(=O)CO3)c(=O)o1.O=CO. The van der Waals surface area contributed by atoms with E-state index >= 15 is 0 Å². The van der Waals surface area contributed by atoms with Crippen molar-refractivity contribution in [2.75, 3.05) is 18.5 Å². The standard InChI is InChI=1S/C11H11N5O4.CH2O2/c12-4-3-9-15-16(11(18)20-9)7-2-1-6-10(13-7)14-8(17)5-19-6;2-1-3/h1-2H,3-5,12H2,(H,13,14,17);1H,(H,2,3). The van der Waals surface area contributed by atoms with Gasteiger partial charge in [0.2, 0.25) is 5.89 Å². The molecule has 1 aliphatic rings. The minimum absolute atomic E-state index is 0.0570. The number of nitrogens with two attached hydrogens (primary N) is 1. The van der Waals surface area contributed by atoms with E-state index in [1.807, 2.05) is 0 Å². The second-order valence-electron chi connectivity index (χ2n) is 4.17. The summed E-state index contributed by atoms with van der Waals surface area (Å²) in [5, 5.41) is 13.4. The maximum absolute atomic E-state index is 11.7. The highest BCUT2D eigenvalue weighted by molar-refractivity contribution is 5.94. The number of hydrogen-bond donors (Lipinski definition) is 3. The van der Waals surface area contributed by atoms with Crippen LogP contribution in [0.3, 0.4) is 0 Å². The number of amides is 1. The lowest BCUT2D eigenvalue weighted by atomic mass is 10.3. The molecule has 2 aromatic heterocycles. The zero-order valence-corrected chi connectivity index (χ0v) is 11.8. The van der Waals surface area contributed by atoms with Crippen molar-refractivity contribution in [2.45, 2.75) is 6.42 Å². The molecule has 0 radical (unpaired) electrons. The molecule has 1 aliphatic heterocycles. The van der Waals surface area contributed by atoms with Crippen LogP contribution < -0.4 is 21.5 Å². The van der Waals surface area contributed by atoms with Gasteiger partial charge in [0.15, 0.2) is 24.0 Å². The van der Waals surface area contributed by atoms with Gasteiger partial charge in [0.05, 0.1) is 0 Å². The van der Waals surface area contributed by atoms with Crippen molar-refractivity contribution in [3.63, 3.8) is 0 Å². The predicted octanol–water partition coefficient (Wildman–Crippen LogP) is -1.25. The van der Waals surface area contributed by atoms with Gasteiger partial charge in [-0.2, -0.15) is 0 Å². The summed E-state index contributed by atoms with van der Waals surface area (Å²) in [5.41, 5.74) is 5.37. The number of rotatable bonds is 3. The summed E-state index contributed by atoms with van der Waals surface area (Å²) < 4.78 is 11.1. The summed E-state index contributed by atoms with van der Waals surface area (Å²) >= 11 is 0. The third kappa shape index (κ3) is 3.71. The Kier molecular flexibility index (Phi) is 5.04. The molecule has 0 aromatic carbocycles. The molecule has 11 heteroatoms. The van der Waals surface area contributed by atoms with Crippen molar-refractivity contribution in [2.24, 2.45) is 5.73 Å². The molecule has 11 nitrogen and oxygen atoms in total. The van der Waals surface area contributed by atoms with Gasteiger partial charge in [0, 0.05) is 13.0 Å². The monoisotopic (exact) mass is 323 g/mol. The Morgan fingerprint density at radius 3 is 2.87 bits per heavy atom. The van der Waals surface area contributed by atoms with Crippen LogP contribution in [0.1, 0.15) is 5.89 Å². The summed E-state index contributed by atoms with van der Waals surface area (Å²) in [6.45, 7) is 0.0139. The number of pyridine rings is 1. The van der Waals surface area contributed by atoms with Gasteiger partial charge in [-0.1, -0.05) is 0 Å². The molecule has 0 saturated carbocycles. The lowest BCUT2D eigenvalue weighted by Crippen LogP contribution is -2.27. The molecule has 122 valence electrons. The number of carboxylic acid groups (broad SMARTS) is 1. The highest BCUT2D eigenvalue weighted by Crippen LogP contribution is 2.25. The molecule has 0 aliphatic carbocycles. The van der Waals surface area contributed by atoms with Crippen LogP contribution in [0, 0.1) is 0 Å². The number of fused-ring (bicyclic) bond motifs is 1. The summed E-state index contributed by atoms with van der Waals surface area (Å²) in [7, 11) is 0. The number of nitrogens with one attached hydrogen (secondary N) is 1. The summed E-state index contributed by atoms with van der Waals surface area (Å²) in [6, 6.07) is 3.15. The quantitative estimate of drug-likeness (QED) is 0.586. The number of nitrogens with zero attached hydrogens (tertiary/aromatic N) is 3. The van der Waals surface area contributed by atoms with Crippen LogP contribution in [0.5, 0.6) is 5.75 Å². The van der Waals surface area contributed by atoms with Crippen LogP contribution in [0.4, 0.5) is 5.82 Å². The van der Waals surface area contributed by atoms with Gasteiger partial charge in [0.25, 0.3) is 12.4 Å². The number of ether oxygens (including phenoxy) is 1. The molecule has 0 bridgehead atoms. The zero-order valence-electron chi connectivity index (χ0n) is 11.8. The van der Waals surface area contributed by atoms with Crippen molar-refractivity contribution in [3.8, 4) is 11.6 Å². The van der Waals surface area contributed by atoms with Gasteiger partial charge in [0.1, 0.15) is 0 Å².